The van der Waals surface area contributed by atoms with Crippen LogP contribution in [0.1, 0.15) is 29.6 Å². The first-order valence-corrected chi connectivity index (χ1v) is 6.44. The second kappa shape index (κ2) is 7.44. The zero-order valence-electron chi connectivity index (χ0n) is 11.0. The van der Waals surface area contributed by atoms with E-state index >= 15 is 0 Å². The molecular formula is C12H14ClN3O5. The molecule has 0 radical (unpaired) electrons. The summed E-state index contributed by atoms with van der Waals surface area (Å²) < 4.78 is 0. The van der Waals surface area contributed by atoms with Gasteiger partial charge in [-0.2, -0.15) is 0 Å². The number of nitro benzene ring substituents is 1. The lowest BCUT2D eigenvalue weighted by atomic mass is 10.1. The summed E-state index contributed by atoms with van der Waals surface area (Å²) in [6.45, 7) is 0.366. The topological polar surface area (TPSA) is 136 Å². The van der Waals surface area contributed by atoms with E-state index in [-0.39, 0.29) is 22.7 Å². The van der Waals surface area contributed by atoms with Gasteiger partial charge in [-0.1, -0.05) is 11.6 Å². The summed E-state index contributed by atoms with van der Waals surface area (Å²) in [7, 11) is 0. The molecule has 0 atom stereocenters. The van der Waals surface area contributed by atoms with Gasteiger partial charge in [0.15, 0.2) is 0 Å². The Kier molecular flexibility index (Phi) is 5.92. The highest BCUT2D eigenvalue weighted by atomic mass is 35.5. The average molecular weight is 316 g/mol. The van der Waals surface area contributed by atoms with Crippen LogP contribution in [0.5, 0.6) is 0 Å². The van der Waals surface area contributed by atoms with Crippen molar-refractivity contribution in [2.24, 2.45) is 5.73 Å². The highest BCUT2D eigenvalue weighted by Gasteiger charge is 2.19. The number of hydrogen-bond donors (Lipinski definition) is 3. The molecule has 114 valence electrons. The van der Waals surface area contributed by atoms with Gasteiger partial charge in [0.2, 0.25) is 5.91 Å². The van der Waals surface area contributed by atoms with E-state index in [1.807, 2.05) is 0 Å². The van der Waals surface area contributed by atoms with Gasteiger partial charge < -0.3 is 16.2 Å². The largest absolute Gasteiger partial charge is 0.478 e. The number of hydrogen-bond acceptors (Lipinski definition) is 5. The van der Waals surface area contributed by atoms with E-state index in [2.05, 4.69) is 5.32 Å². The number of rotatable bonds is 8. The van der Waals surface area contributed by atoms with Crippen molar-refractivity contribution < 1.29 is 19.6 Å². The van der Waals surface area contributed by atoms with Crippen molar-refractivity contribution in [3.05, 3.63) is 32.8 Å². The van der Waals surface area contributed by atoms with Crippen molar-refractivity contribution in [3.63, 3.8) is 0 Å². The van der Waals surface area contributed by atoms with E-state index in [0.717, 1.165) is 12.1 Å². The molecule has 1 aromatic rings. The number of anilines is 1. The zero-order valence-corrected chi connectivity index (χ0v) is 11.7. The van der Waals surface area contributed by atoms with Gasteiger partial charge in [0, 0.05) is 25.1 Å². The van der Waals surface area contributed by atoms with Crippen LogP contribution >= 0.6 is 11.6 Å². The Hall–Kier alpha value is -2.35. The second-order valence-electron chi connectivity index (χ2n) is 4.26. The molecule has 0 fully saturated rings. The van der Waals surface area contributed by atoms with Crippen LogP contribution in [0.4, 0.5) is 11.4 Å². The SMILES string of the molecule is NC(=O)CCCCNc1c(Cl)cc([N+](=O)[O-])cc1C(=O)O. The van der Waals surface area contributed by atoms with Crippen molar-refractivity contribution in [1.82, 2.24) is 0 Å². The molecule has 0 unspecified atom stereocenters. The number of nitrogens with two attached hydrogens (primary N) is 1. The fraction of sp³-hybridized carbons (Fsp3) is 0.333. The molecule has 0 spiro atoms. The van der Waals surface area contributed by atoms with Crippen LogP contribution in [0.3, 0.4) is 0 Å². The van der Waals surface area contributed by atoms with Crippen molar-refractivity contribution in [2.45, 2.75) is 19.3 Å². The third kappa shape index (κ3) is 4.92. The molecule has 0 aliphatic heterocycles. The molecule has 1 amide bonds. The molecule has 0 aliphatic rings. The normalized spacial score (nSPS) is 10.1. The van der Waals surface area contributed by atoms with Gasteiger partial charge in [0.25, 0.3) is 5.69 Å². The molecule has 1 rings (SSSR count). The summed E-state index contributed by atoms with van der Waals surface area (Å²) >= 11 is 5.88. The lowest BCUT2D eigenvalue weighted by Gasteiger charge is -2.11. The van der Waals surface area contributed by atoms with E-state index in [0.29, 0.717) is 19.4 Å². The molecule has 4 N–H and O–H groups in total. The molecule has 0 heterocycles. The number of nitro groups is 1. The first-order chi connectivity index (χ1) is 9.82. The van der Waals surface area contributed by atoms with Gasteiger partial charge in [-0.15, -0.1) is 0 Å². The number of benzene rings is 1. The number of non-ortho nitro benzene ring substituents is 1. The Balaban J connectivity index is 2.83. The van der Waals surface area contributed by atoms with Crippen molar-refractivity contribution >= 4 is 34.9 Å². The minimum Gasteiger partial charge on any atom is -0.478 e. The Bertz CT molecular complexity index is 576. The number of carboxylic acids is 1. The Morgan fingerprint density at radius 1 is 1.38 bits per heavy atom. The third-order valence-corrected chi connectivity index (χ3v) is 2.97. The Labute approximate surface area is 125 Å². The second-order valence-corrected chi connectivity index (χ2v) is 4.67. The summed E-state index contributed by atoms with van der Waals surface area (Å²) in [4.78, 5) is 31.7. The average Bonchev–Trinajstić information content (AvgIpc) is 2.38. The smallest absolute Gasteiger partial charge is 0.338 e. The van der Waals surface area contributed by atoms with E-state index in [1.165, 1.54) is 0 Å². The van der Waals surface area contributed by atoms with Crippen molar-refractivity contribution in [1.29, 1.82) is 0 Å². The number of unbranched alkanes of at least 4 members (excludes halogenated alkanes) is 1. The highest BCUT2D eigenvalue weighted by Crippen LogP contribution is 2.31. The van der Waals surface area contributed by atoms with E-state index in [4.69, 9.17) is 22.4 Å². The predicted molar refractivity (Wildman–Crippen MR) is 76.6 cm³/mol. The predicted octanol–water partition coefficient (Wildman–Crippen LogP) is 2.01. The van der Waals surface area contributed by atoms with Crippen LogP contribution < -0.4 is 11.1 Å². The number of carboxylic acid groups (broad SMARTS) is 1. The number of carbonyl (C=O) groups excluding carboxylic acids is 1. The molecule has 0 aliphatic carbocycles. The van der Waals surface area contributed by atoms with Crippen LogP contribution in [0.25, 0.3) is 0 Å². The van der Waals surface area contributed by atoms with E-state index in [9.17, 15) is 19.7 Å². The molecular weight excluding hydrogens is 302 g/mol. The third-order valence-electron chi connectivity index (χ3n) is 2.67. The van der Waals surface area contributed by atoms with Crippen LogP contribution in [-0.4, -0.2) is 28.5 Å². The maximum absolute atomic E-state index is 11.1. The molecule has 9 heteroatoms. The minimum absolute atomic E-state index is 0.0449. The standard InChI is InChI=1S/C12H14ClN3O5/c13-9-6-7(16(20)21)5-8(12(18)19)11(9)15-4-2-1-3-10(14)17/h5-6,15H,1-4H2,(H2,14,17)(H,18,19). The number of carbonyl (C=O) groups is 2. The van der Waals surface area contributed by atoms with Crippen LogP contribution in [0, 0.1) is 10.1 Å². The number of nitrogens with one attached hydrogen (secondary N) is 1. The highest BCUT2D eigenvalue weighted by molar-refractivity contribution is 6.34. The number of amides is 1. The monoisotopic (exact) mass is 315 g/mol. The first kappa shape index (κ1) is 16.7. The fourth-order valence-corrected chi connectivity index (χ4v) is 1.96. The van der Waals surface area contributed by atoms with Gasteiger partial charge in [0.05, 0.1) is 21.2 Å². The molecule has 21 heavy (non-hydrogen) atoms. The number of aromatic carboxylic acids is 1. The molecule has 1 aromatic carbocycles. The lowest BCUT2D eigenvalue weighted by Crippen LogP contribution is -2.12. The number of nitrogens with zero attached hydrogens (tertiary/aromatic N) is 1. The first-order valence-electron chi connectivity index (χ1n) is 6.06. The van der Waals surface area contributed by atoms with Gasteiger partial charge >= 0.3 is 5.97 Å². The molecule has 0 aromatic heterocycles. The minimum atomic E-state index is -1.32. The molecule has 0 bridgehead atoms. The summed E-state index contributed by atoms with van der Waals surface area (Å²) in [6, 6.07) is 2.03. The Morgan fingerprint density at radius 2 is 2.05 bits per heavy atom. The Morgan fingerprint density at radius 3 is 2.57 bits per heavy atom. The van der Waals surface area contributed by atoms with Crippen LogP contribution in [-0.2, 0) is 4.79 Å². The zero-order chi connectivity index (χ0) is 16.0. The quantitative estimate of drug-likeness (QED) is 0.381. The maximum atomic E-state index is 11.1. The van der Waals surface area contributed by atoms with Gasteiger partial charge in [0.1, 0.15) is 0 Å². The molecule has 0 saturated carbocycles. The van der Waals surface area contributed by atoms with Gasteiger partial charge in [-0.05, 0) is 12.8 Å². The molecule has 0 saturated heterocycles. The summed E-state index contributed by atoms with van der Waals surface area (Å²) in [5.41, 5.74) is 4.45. The summed E-state index contributed by atoms with van der Waals surface area (Å²) in [5.74, 6) is -1.73. The lowest BCUT2D eigenvalue weighted by molar-refractivity contribution is -0.384. The van der Waals surface area contributed by atoms with Gasteiger partial charge in [-0.3, -0.25) is 14.9 Å². The van der Waals surface area contributed by atoms with Crippen LogP contribution in [0.15, 0.2) is 12.1 Å². The van der Waals surface area contributed by atoms with E-state index < -0.39 is 22.5 Å². The number of halogens is 1. The van der Waals surface area contributed by atoms with Crippen LogP contribution in [0.2, 0.25) is 5.02 Å². The summed E-state index contributed by atoms with van der Waals surface area (Å²) in [5, 5.41) is 22.6. The molecule has 8 nitrogen and oxygen atoms in total. The summed E-state index contributed by atoms with van der Waals surface area (Å²) in [6.07, 6.45) is 1.37. The number of primary amides is 1. The van der Waals surface area contributed by atoms with Crippen molar-refractivity contribution in [3.8, 4) is 0 Å². The maximum Gasteiger partial charge on any atom is 0.338 e. The van der Waals surface area contributed by atoms with Crippen molar-refractivity contribution in [2.75, 3.05) is 11.9 Å². The fourth-order valence-electron chi connectivity index (χ4n) is 1.68. The van der Waals surface area contributed by atoms with Gasteiger partial charge in [-0.25, -0.2) is 4.79 Å². The van der Waals surface area contributed by atoms with E-state index in [1.54, 1.807) is 0 Å².